The maximum atomic E-state index is 5.45. The standard InChI is InChI=1S/C12H20N2O2/c1-4-10(14-13)7-9-5-6-11(15-2)12(8-9)16-3/h5-6,8,10,14H,4,7,13H2,1-3H3. The van der Waals surface area contributed by atoms with Gasteiger partial charge >= 0.3 is 0 Å². The fourth-order valence-electron chi connectivity index (χ4n) is 1.61. The van der Waals surface area contributed by atoms with Crippen molar-refractivity contribution >= 4 is 0 Å². The van der Waals surface area contributed by atoms with Crippen LogP contribution in [0.5, 0.6) is 11.5 Å². The summed E-state index contributed by atoms with van der Waals surface area (Å²) < 4.78 is 10.4. The molecule has 0 amide bonds. The molecule has 90 valence electrons. The van der Waals surface area contributed by atoms with Gasteiger partial charge in [-0.05, 0) is 30.5 Å². The zero-order chi connectivity index (χ0) is 12.0. The maximum absolute atomic E-state index is 5.45. The second-order valence-corrected chi connectivity index (χ2v) is 3.67. The number of hydrazine groups is 1. The molecule has 0 aliphatic rings. The van der Waals surface area contributed by atoms with Crippen LogP contribution in [0, 0.1) is 0 Å². The van der Waals surface area contributed by atoms with Gasteiger partial charge in [-0.1, -0.05) is 13.0 Å². The second-order valence-electron chi connectivity index (χ2n) is 3.67. The van der Waals surface area contributed by atoms with Gasteiger partial charge in [-0.2, -0.15) is 0 Å². The number of ether oxygens (including phenoxy) is 2. The predicted octanol–water partition coefficient (Wildman–Crippen LogP) is 1.49. The molecule has 16 heavy (non-hydrogen) atoms. The van der Waals surface area contributed by atoms with Crippen LogP contribution in [0.2, 0.25) is 0 Å². The van der Waals surface area contributed by atoms with Crippen molar-refractivity contribution in [3.63, 3.8) is 0 Å². The zero-order valence-corrected chi connectivity index (χ0v) is 10.1. The lowest BCUT2D eigenvalue weighted by atomic mass is 10.0. The van der Waals surface area contributed by atoms with Crippen molar-refractivity contribution in [3.05, 3.63) is 23.8 Å². The average Bonchev–Trinajstić information content (AvgIpc) is 2.35. The van der Waals surface area contributed by atoms with Crippen LogP contribution in [0.4, 0.5) is 0 Å². The van der Waals surface area contributed by atoms with E-state index >= 15 is 0 Å². The fraction of sp³-hybridized carbons (Fsp3) is 0.500. The lowest BCUT2D eigenvalue weighted by molar-refractivity contribution is 0.354. The maximum Gasteiger partial charge on any atom is 0.160 e. The van der Waals surface area contributed by atoms with Crippen molar-refractivity contribution in [1.82, 2.24) is 5.43 Å². The van der Waals surface area contributed by atoms with Gasteiger partial charge in [-0.15, -0.1) is 0 Å². The molecule has 0 saturated heterocycles. The first-order valence-corrected chi connectivity index (χ1v) is 5.42. The molecule has 4 nitrogen and oxygen atoms in total. The molecule has 0 aliphatic heterocycles. The quantitative estimate of drug-likeness (QED) is 0.568. The van der Waals surface area contributed by atoms with Crippen LogP contribution in [0.25, 0.3) is 0 Å². The summed E-state index contributed by atoms with van der Waals surface area (Å²) >= 11 is 0. The molecule has 0 bridgehead atoms. The Labute approximate surface area is 96.7 Å². The number of hydrogen-bond donors (Lipinski definition) is 2. The summed E-state index contributed by atoms with van der Waals surface area (Å²) in [4.78, 5) is 0. The number of nitrogens with one attached hydrogen (secondary N) is 1. The van der Waals surface area contributed by atoms with Gasteiger partial charge in [0, 0.05) is 6.04 Å². The van der Waals surface area contributed by atoms with Gasteiger partial charge in [0.05, 0.1) is 14.2 Å². The van der Waals surface area contributed by atoms with Crippen molar-refractivity contribution in [2.75, 3.05) is 14.2 Å². The third-order valence-corrected chi connectivity index (χ3v) is 2.66. The molecule has 0 aliphatic carbocycles. The van der Waals surface area contributed by atoms with Crippen LogP contribution in [-0.4, -0.2) is 20.3 Å². The number of nitrogens with two attached hydrogens (primary N) is 1. The van der Waals surface area contributed by atoms with Crippen molar-refractivity contribution in [2.24, 2.45) is 5.84 Å². The predicted molar refractivity (Wildman–Crippen MR) is 64.7 cm³/mol. The first kappa shape index (κ1) is 12.8. The Morgan fingerprint density at radius 2 is 1.94 bits per heavy atom. The normalized spacial score (nSPS) is 12.2. The Kier molecular flexibility index (Phi) is 5.08. The average molecular weight is 224 g/mol. The van der Waals surface area contributed by atoms with E-state index in [4.69, 9.17) is 15.3 Å². The van der Waals surface area contributed by atoms with E-state index in [-0.39, 0.29) is 6.04 Å². The third-order valence-electron chi connectivity index (χ3n) is 2.66. The molecule has 1 unspecified atom stereocenters. The second kappa shape index (κ2) is 6.35. The van der Waals surface area contributed by atoms with E-state index < -0.39 is 0 Å². The molecule has 0 fully saturated rings. The Morgan fingerprint density at radius 1 is 1.25 bits per heavy atom. The highest BCUT2D eigenvalue weighted by molar-refractivity contribution is 5.43. The van der Waals surface area contributed by atoms with E-state index in [9.17, 15) is 0 Å². The molecule has 1 rings (SSSR count). The first-order chi connectivity index (χ1) is 7.74. The fourth-order valence-corrected chi connectivity index (χ4v) is 1.61. The highest BCUT2D eigenvalue weighted by Crippen LogP contribution is 2.28. The van der Waals surface area contributed by atoms with E-state index in [0.29, 0.717) is 0 Å². The van der Waals surface area contributed by atoms with Gasteiger partial charge < -0.3 is 9.47 Å². The van der Waals surface area contributed by atoms with Crippen LogP contribution in [0.1, 0.15) is 18.9 Å². The summed E-state index contributed by atoms with van der Waals surface area (Å²) in [5.74, 6) is 6.96. The highest BCUT2D eigenvalue weighted by atomic mass is 16.5. The molecule has 0 heterocycles. The number of rotatable bonds is 6. The minimum Gasteiger partial charge on any atom is -0.493 e. The lowest BCUT2D eigenvalue weighted by Crippen LogP contribution is -2.36. The molecule has 1 atom stereocenters. The monoisotopic (exact) mass is 224 g/mol. The molecule has 1 aromatic rings. The molecule has 3 N–H and O–H groups in total. The lowest BCUT2D eigenvalue weighted by Gasteiger charge is -2.15. The van der Waals surface area contributed by atoms with Crippen LogP contribution in [-0.2, 0) is 6.42 Å². The highest BCUT2D eigenvalue weighted by Gasteiger charge is 2.08. The molecule has 0 radical (unpaired) electrons. The number of benzene rings is 1. The summed E-state index contributed by atoms with van der Waals surface area (Å²) in [6, 6.07) is 6.22. The van der Waals surface area contributed by atoms with Crippen LogP contribution in [0.3, 0.4) is 0 Å². The minimum absolute atomic E-state index is 0.290. The Hall–Kier alpha value is -1.26. The number of methoxy groups -OCH3 is 2. The first-order valence-electron chi connectivity index (χ1n) is 5.42. The van der Waals surface area contributed by atoms with Crippen molar-refractivity contribution in [1.29, 1.82) is 0 Å². The summed E-state index contributed by atoms with van der Waals surface area (Å²) in [6.07, 6.45) is 1.87. The Morgan fingerprint density at radius 3 is 2.44 bits per heavy atom. The summed E-state index contributed by atoms with van der Waals surface area (Å²) in [6.45, 7) is 2.10. The van der Waals surface area contributed by atoms with Gasteiger partial charge in [0.25, 0.3) is 0 Å². The van der Waals surface area contributed by atoms with Crippen LogP contribution < -0.4 is 20.7 Å². The molecular weight excluding hydrogens is 204 g/mol. The molecule has 4 heteroatoms. The van der Waals surface area contributed by atoms with Crippen LogP contribution in [0.15, 0.2) is 18.2 Å². The van der Waals surface area contributed by atoms with Gasteiger partial charge in [0.15, 0.2) is 11.5 Å². The van der Waals surface area contributed by atoms with Crippen LogP contribution >= 0.6 is 0 Å². The van der Waals surface area contributed by atoms with Crippen molar-refractivity contribution in [3.8, 4) is 11.5 Å². The largest absolute Gasteiger partial charge is 0.493 e. The number of hydrogen-bond acceptors (Lipinski definition) is 4. The molecular formula is C12H20N2O2. The zero-order valence-electron chi connectivity index (χ0n) is 10.1. The van der Waals surface area contributed by atoms with Crippen molar-refractivity contribution < 1.29 is 9.47 Å². The Balaban J connectivity index is 2.82. The Bertz CT molecular complexity index is 325. The summed E-state index contributed by atoms with van der Waals surface area (Å²) in [5.41, 5.74) is 3.98. The van der Waals surface area contributed by atoms with Gasteiger partial charge in [-0.3, -0.25) is 11.3 Å². The van der Waals surface area contributed by atoms with E-state index in [1.54, 1.807) is 14.2 Å². The van der Waals surface area contributed by atoms with Crippen molar-refractivity contribution in [2.45, 2.75) is 25.8 Å². The smallest absolute Gasteiger partial charge is 0.160 e. The van der Waals surface area contributed by atoms with E-state index in [1.165, 1.54) is 5.56 Å². The van der Waals surface area contributed by atoms with E-state index in [2.05, 4.69) is 12.3 Å². The topological polar surface area (TPSA) is 56.5 Å². The molecule has 1 aromatic carbocycles. The SMILES string of the molecule is CCC(Cc1ccc(OC)c(OC)c1)NN. The van der Waals surface area contributed by atoms with Gasteiger partial charge in [0.1, 0.15) is 0 Å². The summed E-state index contributed by atoms with van der Waals surface area (Å²) in [7, 11) is 3.27. The van der Waals surface area contributed by atoms with Gasteiger partial charge in [0.2, 0.25) is 0 Å². The third kappa shape index (κ3) is 3.12. The van der Waals surface area contributed by atoms with E-state index in [1.807, 2.05) is 18.2 Å². The molecule has 0 aromatic heterocycles. The minimum atomic E-state index is 0.290. The van der Waals surface area contributed by atoms with E-state index in [0.717, 1.165) is 24.3 Å². The molecule has 0 saturated carbocycles. The van der Waals surface area contributed by atoms with Gasteiger partial charge in [-0.25, -0.2) is 0 Å². The summed E-state index contributed by atoms with van der Waals surface area (Å²) in [5, 5.41) is 0. The molecule has 0 spiro atoms.